The summed E-state index contributed by atoms with van der Waals surface area (Å²) >= 11 is 0. The van der Waals surface area contributed by atoms with E-state index in [1.54, 1.807) is 12.1 Å². The van der Waals surface area contributed by atoms with Gasteiger partial charge in [-0.2, -0.15) is 5.10 Å². The van der Waals surface area contributed by atoms with E-state index in [9.17, 15) is 4.79 Å². The zero-order valence-electron chi connectivity index (χ0n) is 19.2. The van der Waals surface area contributed by atoms with Gasteiger partial charge in [-0.15, -0.1) is 0 Å². The number of aryl methyl sites for hydroxylation is 1. The number of aromatic nitrogens is 3. The molecule has 1 atom stereocenters. The molecular formula is C25H31N5O2. The maximum absolute atomic E-state index is 11.3. The van der Waals surface area contributed by atoms with Gasteiger partial charge in [-0.1, -0.05) is 18.2 Å². The van der Waals surface area contributed by atoms with Crippen molar-refractivity contribution in [3.05, 3.63) is 70.7 Å². The summed E-state index contributed by atoms with van der Waals surface area (Å²) in [4.78, 5) is 18.6. The highest BCUT2D eigenvalue weighted by atomic mass is 16.5. The van der Waals surface area contributed by atoms with Gasteiger partial charge in [-0.05, 0) is 52.0 Å². The Kier molecular flexibility index (Phi) is 6.39. The molecule has 1 aromatic carbocycles. The molecule has 2 aromatic heterocycles. The molecule has 2 N–H and O–H groups in total. The van der Waals surface area contributed by atoms with Gasteiger partial charge in [-0.25, -0.2) is 0 Å². The molecule has 0 saturated carbocycles. The second kappa shape index (κ2) is 9.22. The first-order valence-corrected chi connectivity index (χ1v) is 11.1. The van der Waals surface area contributed by atoms with Gasteiger partial charge in [0.25, 0.3) is 0 Å². The molecule has 3 heterocycles. The Balaban J connectivity index is 1.50. The molecule has 1 amide bonds. The smallest absolute Gasteiger partial charge is 0.248 e. The van der Waals surface area contributed by atoms with Crippen LogP contribution in [-0.4, -0.2) is 45.3 Å². The van der Waals surface area contributed by atoms with Gasteiger partial charge in [-0.3, -0.25) is 19.4 Å². The minimum Gasteiger partial charge on any atom is -0.369 e. The van der Waals surface area contributed by atoms with Crippen LogP contribution in [0.4, 0.5) is 0 Å². The number of morpholine rings is 1. The average Bonchev–Trinajstić information content (AvgIpc) is 3.08. The molecule has 0 radical (unpaired) electrons. The number of carbonyl (C=O) groups is 1. The first-order valence-electron chi connectivity index (χ1n) is 11.1. The van der Waals surface area contributed by atoms with E-state index < -0.39 is 5.91 Å². The molecule has 0 bridgehead atoms. The maximum Gasteiger partial charge on any atom is 0.248 e. The van der Waals surface area contributed by atoms with Crippen LogP contribution < -0.4 is 5.73 Å². The Bertz CT molecular complexity index is 1100. The third-order valence-electron chi connectivity index (χ3n) is 6.06. The summed E-state index contributed by atoms with van der Waals surface area (Å²) in [6.45, 7) is 11.8. The number of rotatable bonds is 6. The normalized spacial score (nSPS) is 17.1. The zero-order chi connectivity index (χ0) is 22.8. The summed E-state index contributed by atoms with van der Waals surface area (Å²) in [5.74, 6) is -0.432. The van der Waals surface area contributed by atoms with Crippen LogP contribution in [-0.2, 0) is 11.3 Å². The topological polar surface area (TPSA) is 86.3 Å². The molecule has 0 aliphatic carbocycles. The molecule has 1 aliphatic rings. The van der Waals surface area contributed by atoms with Crippen LogP contribution in [0.2, 0.25) is 0 Å². The van der Waals surface area contributed by atoms with Crippen LogP contribution in [0.15, 0.2) is 42.5 Å². The van der Waals surface area contributed by atoms with E-state index in [1.165, 1.54) is 11.3 Å². The number of ether oxygens (including phenoxy) is 1. The lowest BCUT2D eigenvalue weighted by Crippen LogP contribution is -2.38. The lowest BCUT2D eigenvalue weighted by atomic mass is 10.1. The number of carbonyl (C=O) groups excluding carboxylic acids is 1. The van der Waals surface area contributed by atoms with Crippen LogP contribution >= 0.6 is 0 Å². The third-order valence-corrected chi connectivity index (χ3v) is 6.06. The largest absolute Gasteiger partial charge is 0.369 e. The number of nitrogens with zero attached hydrogens (tertiary/aromatic N) is 4. The van der Waals surface area contributed by atoms with Gasteiger partial charge in [0.05, 0.1) is 23.7 Å². The molecule has 1 saturated heterocycles. The molecule has 0 unspecified atom stereocenters. The SMILES string of the molecule is Cc1nn(C(C)C)c(C)c1CN1CCO[C@@H](c2cccc(-c3ccc(C(N)=O)cc3)n2)C1. The van der Waals surface area contributed by atoms with E-state index in [2.05, 4.69) is 37.3 Å². The molecule has 7 nitrogen and oxygen atoms in total. The monoisotopic (exact) mass is 433 g/mol. The molecule has 168 valence electrons. The van der Waals surface area contributed by atoms with Gasteiger partial charge >= 0.3 is 0 Å². The first-order chi connectivity index (χ1) is 15.3. The van der Waals surface area contributed by atoms with E-state index in [0.717, 1.165) is 42.3 Å². The minimum absolute atomic E-state index is 0.0886. The van der Waals surface area contributed by atoms with Crippen molar-refractivity contribution in [2.45, 2.75) is 46.4 Å². The first kappa shape index (κ1) is 22.2. The second-order valence-corrected chi connectivity index (χ2v) is 8.67. The van der Waals surface area contributed by atoms with Crippen molar-refractivity contribution in [1.82, 2.24) is 19.7 Å². The van der Waals surface area contributed by atoms with Crippen molar-refractivity contribution in [3.8, 4) is 11.3 Å². The van der Waals surface area contributed by atoms with Gasteiger partial charge < -0.3 is 10.5 Å². The Morgan fingerprint density at radius 1 is 1.19 bits per heavy atom. The summed E-state index contributed by atoms with van der Waals surface area (Å²) in [6.07, 6.45) is -0.0886. The van der Waals surface area contributed by atoms with E-state index in [-0.39, 0.29) is 6.10 Å². The highest BCUT2D eigenvalue weighted by Crippen LogP contribution is 2.26. The Labute approximate surface area is 189 Å². The molecule has 1 aliphatic heterocycles. The third kappa shape index (κ3) is 4.59. The molecule has 3 aromatic rings. The standard InChI is InChI=1S/C25H31N5O2/c1-16(2)30-18(4)21(17(3)28-30)14-29-12-13-32-24(15-29)23-7-5-6-22(27-23)19-8-10-20(11-9-19)25(26)31/h5-11,16,24H,12-15H2,1-4H3,(H2,26,31)/t24-/m1/s1. The fraction of sp³-hybridized carbons (Fsp3) is 0.400. The van der Waals surface area contributed by atoms with Crippen molar-refractivity contribution < 1.29 is 9.53 Å². The Morgan fingerprint density at radius 2 is 1.94 bits per heavy atom. The number of nitrogens with two attached hydrogens (primary N) is 1. The van der Waals surface area contributed by atoms with E-state index in [0.29, 0.717) is 18.2 Å². The van der Waals surface area contributed by atoms with Gasteiger partial charge in [0.2, 0.25) is 5.91 Å². The quantitative estimate of drug-likeness (QED) is 0.639. The molecule has 0 spiro atoms. The highest BCUT2D eigenvalue weighted by Gasteiger charge is 2.25. The number of hydrogen-bond acceptors (Lipinski definition) is 5. The van der Waals surface area contributed by atoms with Gasteiger partial charge in [0.15, 0.2) is 0 Å². The van der Waals surface area contributed by atoms with Crippen LogP contribution in [0, 0.1) is 13.8 Å². The second-order valence-electron chi connectivity index (χ2n) is 8.67. The molecule has 7 heteroatoms. The molecule has 4 rings (SSSR count). The number of amides is 1. The van der Waals surface area contributed by atoms with E-state index in [1.807, 2.05) is 30.3 Å². The molecule has 32 heavy (non-hydrogen) atoms. The summed E-state index contributed by atoms with van der Waals surface area (Å²) in [5.41, 5.74) is 12.2. The molecular weight excluding hydrogens is 402 g/mol. The minimum atomic E-state index is -0.432. The summed E-state index contributed by atoms with van der Waals surface area (Å²) < 4.78 is 8.20. The lowest BCUT2D eigenvalue weighted by molar-refractivity contribution is -0.0350. The van der Waals surface area contributed by atoms with Gasteiger partial charge in [0, 0.05) is 48.1 Å². The van der Waals surface area contributed by atoms with Crippen molar-refractivity contribution in [2.24, 2.45) is 5.73 Å². The number of benzene rings is 1. The Hall–Kier alpha value is -3.03. The summed E-state index contributed by atoms with van der Waals surface area (Å²) in [5, 5.41) is 4.73. The van der Waals surface area contributed by atoms with Crippen LogP contribution in [0.3, 0.4) is 0 Å². The maximum atomic E-state index is 11.3. The van der Waals surface area contributed by atoms with Gasteiger partial charge in [0.1, 0.15) is 6.10 Å². The highest BCUT2D eigenvalue weighted by molar-refractivity contribution is 5.93. The number of hydrogen-bond donors (Lipinski definition) is 1. The van der Waals surface area contributed by atoms with Crippen molar-refractivity contribution >= 4 is 5.91 Å². The van der Waals surface area contributed by atoms with E-state index in [4.69, 9.17) is 20.6 Å². The number of primary amides is 1. The van der Waals surface area contributed by atoms with Crippen LogP contribution in [0.5, 0.6) is 0 Å². The zero-order valence-corrected chi connectivity index (χ0v) is 19.2. The fourth-order valence-corrected chi connectivity index (χ4v) is 4.27. The van der Waals surface area contributed by atoms with E-state index >= 15 is 0 Å². The fourth-order valence-electron chi connectivity index (χ4n) is 4.27. The summed E-state index contributed by atoms with van der Waals surface area (Å²) in [7, 11) is 0. The number of pyridine rings is 1. The predicted molar refractivity (Wildman–Crippen MR) is 124 cm³/mol. The predicted octanol–water partition coefficient (Wildman–Crippen LogP) is 3.82. The summed E-state index contributed by atoms with van der Waals surface area (Å²) in [6, 6.07) is 13.5. The van der Waals surface area contributed by atoms with Crippen LogP contribution in [0.25, 0.3) is 11.3 Å². The van der Waals surface area contributed by atoms with Crippen LogP contribution in [0.1, 0.15) is 59.0 Å². The van der Waals surface area contributed by atoms with Crippen molar-refractivity contribution in [2.75, 3.05) is 19.7 Å². The lowest BCUT2D eigenvalue weighted by Gasteiger charge is -2.33. The Morgan fingerprint density at radius 3 is 2.59 bits per heavy atom. The van der Waals surface area contributed by atoms with Crippen molar-refractivity contribution in [3.63, 3.8) is 0 Å². The van der Waals surface area contributed by atoms with Crippen molar-refractivity contribution in [1.29, 1.82) is 0 Å². The molecule has 1 fully saturated rings. The average molecular weight is 434 g/mol.